The molecule has 0 amide bonds. The maximum Gasteiger partial charge on any atom is 0.160 e. The molecule has 0 radical (unpaired) electrons. The summed E-state index contributed by atoms with van der Waals surface area (Å²) in [5, 5.41) is 25.6. The zero-order chi connectivity index (χ0) is 28.7. The normalized spacial score (nSPS) is 11.7. The van der Waals surface area contributed by atoms with Gasteiger partial charge in [-0.25, -0.2) is 0 Å². The van der Waals surface area contributed by atoms with Gasteiger partial charge in [-0.05, 0) is 72.8 Å². The van der Waals surface area contributed by atoms with Gasteiger partial charge in [-0.1, -0.05) is 48.5 Å². The molecule has 0 atom stereocenters. The third kappa shape index (κ3) is 3.19. The van der Waals surface area contributed by atoms with E-state index in [4.69, 9.17) is 4.42 Å². The van der Waals surface area contributed by atoms with Gasteiger partial charge < -0.3 is 13.6 Å². The van der Waals surface area contributed by atoms with E-state index < -0.39 is 0 Å². The predicted octanol–water partition coefficient (Wildman–Crippen LogP) is 9.52. The average Bonchev–Trinajstić information content (AvgIpc) is 3.72. The van der Waals surface area contributed by atoms with Crippen LogP contribution in [-0.4, -0.2) is 9.13 Å². The quantitative estimate of drug-likeness (QED) is 0.216. The minimum Gasteiger partial charge on any atom is -0.454 e. The van der Waals surface area contributed by atoms with E-state index >= 15 is 0 Å². The van der Waals surface area contributed by atoms with Crippen molar-refractivity contribution in [1.82, 2.24) is 9.13 Å². The molecule has 0 fully saturated rings. The minimum absolute atomic E-state index is 0.586. The highest BCUT2D eigenvalue weighted by Gasteiger charge is 2.20. The number of aromatic nitrogens is 2. The molecule has 0 bridgehead atoms. The fourth-order valence-corrected chi connectivity index (χ4v) is 6.71. The molecule has 0 N–H and O–H groups in total. The summed E-state index contributed by atoms with van der Waals surface area (Å²) >= 11 is 0. The molecule has 0 spiro atoms. The first-order chi connectivity index (χ1) is 21.2. The van der Waals surface area contributed by atoms with Crippen LogP contribution in [0.25, 0.3) is 76.9 Å². The van der Waals surface area contributed by atoms with E-state index in [-0.39, 0.29) is 0 Å². The fourth-order valence-electron chi connectivity index (χ4n) is 6.71. The average molecular weight is 549 g/mol. The van der Waals surface area contributed by atoms with Gasteiger partial charge in [0.1, 0.15) is 5.58 Å². The number of nitrogens with zero attached hydrogens (tertiary/aromatic N) is 4. The first kappa shape index (κ1) is 23.4. The zero-order valence-electron chi connectivity index (χ0n) is 22.7. The van der Waals surface area contributed by atoms with Gasteiger partial charge in [-0.3, -0.25) is 0 Å². The molecule has 0 unspecified atom stereocenters. The second-order valence-corrected chi connectivity index (χ2v) is 10.8. The molecule has 0 saturated carbocycles. The van der Waals surface area contributed by atoms with Gasteiger partial charge in [0, 0.05) is 43.7 Å². The Balaban J connectivity index is 1.38. The highest BCUT2D eigenvalue weighted by molar-refractivity contribution is 6.21. The van der Waals surface area contributed by atoms with Crippen molar-refractivity contribution in [3.05, 3.63) is 132 Å². The Hall–Kier alpha value is -6.30. The molecule has 0 aliphatic heterocycles. The lowest BCUT2D eigenvalue weighted by Crippen LogP contribution is -1.98. The number of hydrogen-bond acceptors (Lipinski definition) is 3. The van der Waals surface area contributed by atoms with Gasteiger partial charge in [-0.15, -0.1) is 0 Å². The highest BCUT2D eigenvalue weighted by Crippen LogP contribution is 2.41. The molecule has 43 heavy (non-hydrogen) atoms. The second-order valence-electron chi connectivity index (χ2n) is 10.8. The molecule has 5 heteroatoms. The smallest absolute Gasteiger partial charge is 0.160 e. The highest BCUT2D eigenvalue weighted by atomic mass is 16.3. The van der Waals surface area contributed by atoms with E-state index in [2.05, 4.69) is 88.0 Å². The molecule has 9 rings (SSSR count). The molecule has 3 aromatic heterocycles. The third-order valence-corrected chi connectivity index (χ3v) is 8.55. The molecule has 0 saturated heterocycles. The fraction of sp³-hybridized carbons (Fsp3) is 0. The van der Waals surface area contributed by atoms with E-state index in [1.54, 1.807) is 0 Å². The van der Waals surface area contributed by atoms with E-state index in [0.29, 0.717) is 11.1 Å². The third-order valence-electron chi connectivity index (χ3n) is 8.55. The van der Waals surface area contributed by atoms with E-state index in [1.165, 1.54) is 0 Å². The molecule has 198 valence electrons. The van der Waals surface area contributed by atoms with Crippen LogP contribution < -0.4 is 0 Å². The van der Waals surface area contributed by atoms with Crippen molar-refractivity contribution in [2.75, 3.05) is 0 Å². The predicted molar refractivity (Wildman–Crippen MR) is 172 cm³/mol. The monoisotopic (exact) mass is 548 g/mol. The van der Waals surface area contributed by atoms with Crippen molar-refractivity contribution < 1.29 is 4.42 Å². The van der Waals surface area contributed by atoms with Crippen LogP contribution in [0.5, 0.6) is 0 Å². The van der Waals surface area contributed by atoms with Crippen LogP contribution in [0.2, 0.25) is 0 Å². The molecule has 5 nitrogen and oxygen atoms in total. The van der Waals surface area contributed by atoms with Gasteiger partial charge in [0.2, 0.25) is 0 Å². The number of rotatable bonds is 2. The Kier molecular flexibility index (Phi) is 4.68. The molecular formula is C38H20N4O. The van der Waals surface area contributed by atoms with Crippen LogP contribution >= 0.6 is 0 Å². The Morgan fingerprint density at radius 1 is 0.465 bits per heavy atom. The molecule has 9 aromatic rings. The van der Waals surface area contributed by atoms with Crippen LogP contribution in [0.15, 0.2) is 126 Å². The van der Waals surface area contributed by atoms with Crippen LogP contribution in [-0.2, 0) is 0 Å². The standard InChI is InChI=1S/C38H20N4O/c39-21-23-12-16-34-31(18-23)32-19-24(22-40)13-17-35(32)41(34)25-6-5-7-26(20-25)42-33-10-3-1-8-27(33)29-14-15-30-28-9-2-4-11-36(28)43-38(30)37(29)42/h1-20H. The summed E-state index contributed by atoms with van der Waals surface area (Å²) in [6.45, 7) is 0. The van der Waals surface area contributed by atoms with Crippen molar-refractivity contribution in [2.24, 2.45) is 0 Å². The SMILES string of the molecule is N#Cc1ccc2c(c1)c1cc(C#N)ccc1n2-c1cccc(-n2c3ccccc3c3ccc4c5ccccc5oc4c32)c1. The number of fused-ring (bicyclic) bond motifs is 10. The largest absolute Gasteiger partial charge is 0.454 e. The van der Waals surface area contributed by atoms with E-state index in [9.17, 15) is 10.5 Å². The van der Waals surface area contributed by atoms with Crippen molar-refractivity contribution in [2.45, 2.75) is 0 Å². The number of para-hydroxylation sites is 2. The Morgan fingerprint density at radius 3 is 1.79 bits per heavy atom. The second kappa shape index (κ2) is 8.60. The summed E-state index contributed by atoms with van der Waals surface area (Å²) in [5.41, 5.74) is 8.98. The summed E-state index contributed by atoms with van der Waals surface area (Å²) in [6.07, 6.45) is 0. The molecular weight excluding hydrogens is 528 g/mol. The van der Waals surface area contributed by atoms with E-state index in [1.807, 2.05) is 54.6 Å². The summed E-state index contributed by atoms with van der Waals surface area (Å²) < 4.78 is 11.0. The lowest BCUT2D eigenvalue weighted by atomic mass is 10.1. The van der Waals surface area contributed by atoms with Gasteiger partial charge >= 0.3 is 0 Å². The maximum atomic E-state index is 9.61. The summed E-state index contributed by atoms with van der Waals surface area (Å²) in [6, 6.07) is 45.5. The summed E-state index contributed by atoms with van der Waals surface area (Å²) in [7, 11) is 0. The van der Waals surface area contributed by atoms with Gasteiger partial charge in [0.15, 0.2) is 5.58 Å². The minimum atomic E-state index is 0.586. The molecule has 3 heterocycles. The van der Waals surface area contributed by atoms with Gasteiger partial charge in [0.25, 0.3) is 0 Å². The molecule has 6 aromatic carbocycles. The van der Waals surface area contributed by atoms with Gasteiger partial charge in [-0.2, -0.15) is 10.5 Å². The van der Waals surface area contributed by atoms with Crippen LogP contribution in [0.1, 0.15) is 11.1 Å². The van der Waals surface area contributed by atoms with Crippen molar-refractivity contribution in [3.63, 3.8) is 0 Å². The van der Waals surface area contributed by atoms with Crippen LogP contribution in [0, 0.1) is 22.7 Å². The molecule has 0 aliphatic rings. The number of benzene rings is 6. The topological polar surface area (TPSA) is 70.6 Å². The first-order valence-corrected chi connectivity index (χ1v) is 14.1. The number of nitriles is 2. The lowest BCUT2D eigenvalue weighted by molar-refractivity contribution is 0.671. The molecule has 0 aliphatic carbocycles. The van der Waals surface area contributed by atoms with Crippen molar-refractivity contribution >= 4 is 65.6 Å². The Bertz CT molecular complexity index is 2630. The number of furan rings is 1. The first-order valence-electron chi connectivity index (χ1n) is 14.1. The van der Waals surface area contributed by atoms with E-state index in [0.717, 1.165) is 76.9 Å². The number of hydrogen-bond donors (Lipinski definition) is 0. The van der Waals surface area contributed by atoms with Crippen molar-refractivity contribution in [3.8, 4) is 23.5 Å². The van der Waals surface area contributed by atoms with Gasteiger partial charge in [0.05, 0.1) is 45.3 Å². The van der Waals surface area contributed by atoms with Crippen molar-refractivity contribution in [1.29, 1.82) is 10.5 Å². The Labute approximate surface area is 245 Å². The maximum absolute atomic E-state index is 9.61. The summed E-state index contributed by atoms with van der Waals surface area (Å²) in [5.74, 6) is 0. The lowest BCUT2D eigenvalue weighted by Gasteiger charge is -2.13. The Morgan fingerprint density at radius 2 is 1.07 bits per heavy atom. The van der Waals surface area contributed by atoms with Crippen LogP contribution in [0.3, 0.4) is 0 Å². The summed E-state index contributed by atoms with van der Waals surface area (Å²) in [4.78, 5) is 0. The zero-order valence-corrected chi connectivity index (χ0v) is 22.7. The van der Waals surface area contributed by atoms with Crippen LogP contribution in [0.4, 0.5) is 0 Å².